The van der Waals surface area contributed by atoms with Crippen molar-refractivity contribution in [2.24, 2.45) is 0 Å². The van der Waals surface area contributed by atoms with Gasteiger partial charge in [0.05, 0.1) is 0 Å². The van der Waals surface area contributed by atoms with E-state index in [-0.39, 0.29) is 0 Å². The number of H-pyrrole nitrogens is 2. The Labute approximate surface area is 102 Å². The van der Waals surface area contributed by atoms with Gasteiger partial charge >= 0.3 is 102 Å². The standard InChI is InChI=1S/C10H8ClIN2O2/c11-12(7-4-2-1-3-5-7)8-6-13-10(16)14-9(8)15/h1-6H,(H2,13,14,15,16). The number of hydrogen-bond acceptors (Lipinski definition) is 2. The van der Waals surface area contributed by atoms with Crippen molar-refractivity contribution in [2.75, 3.05) is 0 Å². The zero-order valence-electron chi connectivity index (χ0n) is 8.04. The molecule has 0 amide bonds. The molecule has 0 aliphatic rings. The van der Waals surface area contributed by atoms with Gasteiger partial charge in [0, 0.05) is 0 Å². The fourth-order valence-electron chi connectivity index (χ4n) is 1.16. The van der Waals surface area contributed by atoms with Crippen LogP contribution < -0.4 is 11.2 Å². The molecule has 2 rings (SSSR count). The van der Waals surface area contributed by atoms with Gasteiger partial charge in [0.2, 0.25) is 0 Å². The van der Waals surface area contributed by atoms with E-state index in [9.17, 15) is 9.59 Å². The van der Waals surface area contributed by atoms with Gasteiger partial charge < -0.3 is 0 Å². The molecule has 16 heavy (non-hydrogen) atoms. The second kappa shape index (κ2) is 4.84. The van der Waals surface area contributed by atoms with Crippen LogP contribution in [0.2, 0.25) is 0 Å². The number of aromatic nitrogens is 2. The molecule has 0 fully saturated rings. The van der Waals surface area contributed by atoms with E-state index in [2.05, 4.69) is 9.97 Å². The van der Waals surface area contributed by atoms with Crippen molar-refractivity contribution in [3.05, 3.63) is 64.5 Å². The van der Waals surface area contributed by atoms with Gasteiger partial charge in [-0.15, -0.1) is 0 Å². The van der Waals surface area contributed by atoms with E-state index in [0.29, 0.717) is 3.57 Å². The van der Waals surface area contributed by atoms with Crippen LogP contribution in [-0.2, 0) is 0 Å². The Hall–Kier alpha value is -1.08. The molecular weight excluding hydrogens is 342 g/mol. The topological polar surface area (TPSA) is 65.7 Å². The fraction of sp³-hybridized carbons (Fsp3) is 0. The van der Waals surface area contributed by atoms with Crippen LogP contribution in [0.15, 0.2) is 46.1 Å². The molecule has 2 N–H and O–H groups in total. The fourth-order valence-corrected chi connectivity index (χ4v) is 5.22. The first kappa shape index (κ1) is 11.4. The molecule has 1 aromatic carbocycles. The second-order valence-electron chi connectivity index (χ2n) is 2.95. The molecule has 0 spiro atoms. The van der Waals surface area contributed by atoms with Crippen LogP contribution in [-0.4, -0.2) is 9.97 Å². The van der Waals surface area contributed by atoms with Crippen molar-refractivity contribution in [1.82, 2.24) is 9.97 Å². The van der Waals surface area contributed by atoms with Crippen molar-refractivity contribution in [3.8, 4) is 0 Å². The zero-order chi connectivity index (χ0) is 11.5. The Morgan fingerprint density at radius 1 is 1.12 bits per heavy atom. The average molecular weight is 351 g/mol. The molecule has 4 nitrogen and oxygen atoms in total. The van der Waals surface area contributed by atoms with E-state index >= 15 is 0 Å². The van der Waals surface area contributed by atoms with Crippen molar-refractivity contribution >= 4 is 27.6 Å². The summed E-state index contributed by atoms with van der Waals surface area (Å²) in [6, 6.07) is 9.43. The third kappa shape index (κ3) is 2.35. The van der Waals surface area contributed by atoms with E-state index in [0.717, 1.165) is 3.57 Å². The number of benzene rings is 1. The summed E-state index contributed by atoms with van der Waals surface area (Å²) < 4.78 is 1.45. The van der Waals surface area contributed by atoms with Gasteiger partial charge in [0.15, 0.2) is 0 Å². The van der Waals surface area contributed by atoms with E-state index in [1.165, 1.54) is 6.20 Å². The predicted octanol–water partition coefficient (Wildman–Crippen LogP) is 1.76. The van der Waals surface area contributed by atoms with Gasteiger partial charge in [-0.1, -0.05) is 0 Å². The molecule has 6 heteroatoms. The average Bonchev–Trinajstić information content (AvgIpc) is 2.29. The summed E-state index contributed by atoms with van der Waals surface area (Å²) in [6.07, 6.45) is 1.41. The summed E-state index contributed by atoms with van der Waals surface area (Å²) in [5.74, 6) is 0. The second-order valence-corrected chi connectivity index (χ2v) is 8.63. The number of hydrogen-bond donors (Lipinski definition) is 2. The van der Waals surface area contributed by atoms with Crippen LogP contribution >= 0.6 is 27.6 Å². The van der Waals surface area contributed by atoms with Crippen LogP contribution in [0.1, 0.15) is 0 Å². The van der Waals surface area contributed by atoms with Crippen LogP contribution in [0.3, 0.4) is 0 Å². The summed E-state index contributed by atoms with van der Waals surface area (Å²) in [7, 11) is 6.30. The van der Waals surface area contributed by atoms with Crippen LogP contribution in [0.4, 0.5) is 0 Å². The summed E-state index contributed by atoms with van der Waals surface area (Å²) in [6.45, 7) is 0. The van der Waals surface area contributed by atoms with Gasteiger partial charge in [-0.3, -0.25) is 0 Å². The Balaban J connectivity index is 2.46. The summed E-state index contributed by atoms with van der Waals surface area (Å²) >= 11 is -2.21. The molecule has 1 aromatic heterocycles. The molecule has 0 radical (unpaired) electrons. The molecular formula is C10H8ClIN2O2. The van der Waals surface area contributed by atoms with Crippen molar-refractivity contribution in [3.63, 3.8) is 0 Å². The summed E-state index contributed by atoms with van der Waals surface area (Å²) in [4.78, 5) is 27.0. The van der Waals surface area contributed by atoms with Crippen molar-refractivity contribution < 1.29 is 0 Å². The Kier molecular flexibility index (Phi) is 3.45. The van der Waals surface area contributed by atoms with Crippen LogP contribution in [0, 0.1) is 7.14 Å². The molecule has 0 bridgehead atoms. The molecule has 0 aliphatic heterocycles. The summed E-state index contributed by atoms with van der Waals surface area (Å²) in [5.41, 5.74) is -0.907. The van der Waals surface area contributed by atoms with Gasteiger partial charge in [0.25, 0.3) is 0 Å². The van der Waals surface area contributed by atoms with E-state index in [1.807, 2.05) is 30.3 Å². The minimum atomic E-state index is -2.21. The molecule has 0 unspecified atom stereocenters. The molecule has 0 saturated carbocycles. The van der Waals surface area contributed by atoms with E-state index < -0.39 is 29.9 Å². The Bertz CT molecular complexity index is 594. The molecule has 84 valence electrons. The van der Waals surface area contributed by atoms with Gasteiger partial charge in [-0.05, 0) is 0 Å². The number of halogens is 2. The maximum atomic E-state index is 11.5. The van der Waals surface area contributed by atoms with E-state index in [1.54, 1.807) is 0 Å². The van der Waals surface area contributed by atoms with Gasteiger partial charge in [-0.25, -0.2) is 0 Å². The van der Waals surface area contributed by atoms with Crippen molar-refractivity contribution in [2.45, 2.75) is 0 Å². The van der Waals surface area contributed by atoms with Crippen LogP contribution in [0.5, 0.6) is 0 Å². The van der Waals surface area contributed by atoms with Gasteiger partial charge in [-0.2, -0.15) is 0 Å². The van der Waals surface area contributed by atoms with Gasteiger partial charge in [0.1, 0.15) is 0 Å². The molecule has 1 heterocycles. The van der Waals surface area contributed by atoms with E-state index in [4.69, 9.17) is 8.91 Å². The summed E-state index contributed by atoms with van der Waals surface area (Å²) in [5, 5.41) is 0. The van der Waals surface area contributed by atoms with Crippen LogP contribution in [0.25, 0.3) is 0 Å². The number of nitrogens with one attached hydrogen (secondary N) is 2. The molecule has 0 atom stereocenters. The quantitative estimate of drug-likeness (QED) is 0.811. The third-order valence-electron chi connectivity index (χ3n) is 1.88. The van der Waals surface area contributed by atoms with Crippen molar-refractivity contribution in [1.29, 1.82) is 0 Å². The number of rotatable bonds is 2. The first-order valence-electron chi connectivity index (χ1n) is 4.42. The monoisotopic (exact) mass is 350 g/mol. The zero-order valence-corrected chi connectivity index (χ0v) is 10.9. The predicted molar refractivity (Wildman–Crippen MR) is 71.4 cm³/mol. The molecule has 0 aliphatic carbocycles. The number of aromatic amines is 2. The third-order valence-corrected chi connectivity index (χ3v) is 7.65. The molecule has 0 saturated heterocycles. The minimum absolute atomic E-state index is 0.396. The first-order valence-corrected chi connectivity index (χ1v) is 9.31. The maximum absolute atomic E-state index is 11.5. The first-order chi connectivity index (χ1) is 7.68. The Morgan fingerprint density at radius 2 is 1.81 bits per heavy atom. The Morgan fingerprint density at radius 3 is 2.44 bits per heavy atom. The SMILES string of the molecule is O=c1[nH]cc(I(Cl)c2ccccc2)c(=O)[nH]1. The molecule has 2 aromatic rings. The normalized spacial score (nSPS) is 11.2.